The first-order valence-corrected chi connectivity index (χ1v) is 2.92. The fraction of sp³-hybridized carbons (Fsp3) is 0.667. The molecule has 0 unspecified atom stereocenters. The van der Waals surface area contributed by atoms with Crippen LogP contribution in [-0.2, 0) is 26.7 Å². The van der Waals surface area contributed by atoms with E-state index in [1.54, 1.807) is 0 Å². The second kappa shape index (κ2) is 6.19. The van der Waals surface area contributed by atoms with Gasteiger partial charge in [0.2, 0.25) is 0 Å². The van der Waals surface area contributed by atoms with Crippen LogP contribution >= 0.6 is 0 Å². The normalized spacial score (nSPS) is 8.91. The average molecular weight is 199 g/mol. The molecule has 4 nitrogen and oxygen atoms in total. The summed E-state index contributed by atoms with van der Waals surface area (Å²) < 4.78 is 0. The smallest absolute Gasteiger partial charge is 0.550 e. The van der Waals surface area contributed by atoms with Crippen LogP contribution in [0.2, 0.25) is 0 Å². The molecule has 0 amide bonds. The zero-order valence-corrected chi connectivity index (χ0v) is 7.18. The summed E-state index contributed by atoms with van der Waals surface area (Å²) in [5.41, 5.74) is 0. The minimum Gasteiger partial charge on any atom is -0.550 e. The molecule has 0 fully saturated rings. The van der Waals surface area contributed by atoms with Gasteiger partial charge < -0.3 is 19.8 Å². The number of hydrogen-bond acceptors (Lipinski definition) is 4. The number of carbonyl (C=O) groups excluding carboxylic acids is 2. The van der Waals surface area contributed by atoms with Gasteiger partial charge in [0, 0.05) is 11.9 Å². The Labute approximate surface area is 75.1 Å². The number of rotatable bonds is 4. The molecule has 11 heavy (non-hydrogen) atoms. The minimum atomic E-state index is -1.23. The van der Waals surface area contributed by atoms with Crippen LogP contribution in [0.1, 0.15) is 19.8 Å². The van der Waals surface area contributed by atoms with E-state index in [1.807, 2.05) is 0 Å². The van der Waals surface area contributed by atoms with Gasteiger partial charge in [-0.15, -0.1) is 0 Å². The van der Waals surface area contributed by atoms with Crippen molar-refractivity contribution in [2.45, 2.75) is 19.8 Å². The van der Waals surface area contributed by atoms with Crippen molar-refractivity contribution in [3.63, 3.8) is 0 Å². The Morgan fingerprint density at radius 3 is 1.64 bits per heavy atom. The van der Waals surface area contributed by atoms with Gasteiger partial charge in [0.15, 0.2) is 0 Å². The quantitative estimate of drug-likeness (QED) is 0.485. The fourth-order valence-corrected chi connectivity index (χ4v) is 0.641. The topological polar surface area (TPSA) is 80.3 Å². The molecule has 0 saturated heterocycles. The summed E-state index contributed by atoms with van der Waals surface area (Å²) >= 11 is 0. The van der Waals surface area contributed by atoms with E-state index in [2.05, 4.69) is 0 Å². The van der Waals surface area contributed by atoms with Crippen molar-refractivity contribution in [2.75, 3.05) is 0 Å². The van der Waals surface area contributed by atoms with Crippen molar-refractivity contribution < 1.29 is 36.9 Å². The van der Waals surface area contributed by atoms with Crippen LogP contribution in [0.4, 0.5) is 0 Å². The summed E-state index contributed by atoms with van der Waals surface area (Å²) in [5.74, 6) is -2.86. The molecule has 0 N–H and O–H groups in total. The molecule has 0 spiro atoms. The number of hydrogen-bond donors (Lipinski definition) is 0. The van der Waals surface area contributed by atoms with Gasteiger partial charge >= 0.3 is 17.1 Å². The molecule has 63 valence electrons. The number of aliphatic carboxylic acids is 2. The zero-order valence-electron chi connectivity index (χ0n) is 6.00. The van der Waals surface area contributed by atoms with Crippen LogP contribution in [-0.4, -0.2) is 11.9 Å². The summed E-state index contributed by atoms with van der Waals surface area (Å²) in [6, 6.07) is 0. The van der Waals surface area contributed by atoms with Crippen LogP contribution in [0.5, 0.6) is 0 Å². The molecule has 0 rings (SSSR count). The van der Waals surface area contributed by atoms with Gasteiger partial charge in [-0.2, -0.15) is 0 Å². The Morgan fingerprint density at radius 2 is 1.45 bits per heavy atom. The van der Waals surface area contributed by atoms with Gasteiger partial charge in [-0.3, -0.25) is 0 Å². The zero-order chi connectivity index (χ0) is 8.15. The fourth-order valence-electron chi connectivity index (χ4n) is 0.641. The van der Waals surface area contributed by atoms with Crippen LogP contribution in [0.25, 0.3) is 0 Å². The van der Waals surface area contributed by atoms with Gasteiger partial charge in [0.25, 0.3) is 0 Å². The van der Waals surface area contributed by atoms with Crippen LogP contribution in [0.3, 0.4) is 0 Å². The van der Waals surface area contributed by atoms with Crippen molar-refractivity contribution in [3.8, 4) is 0 Å². The van der Waals surface area contributed by atoms with Gasteiger partial charge in [0.1, 0.15) is 0 Å². The van der Waals surface area contributed by atoms with Gasteiger partial charge in [-0.1, -0.05) is 6.92 Å². The van der Waals surface area contributed by atoms with E-state index in [1.165, 1.54) is 6.92 Å². The molecule has 0 atom stereocenters. The molecule has 0 aromatic rings. The standard InChI is InChI=1S/C6H10O4.Mn/c1-4(2-5(7)8)3-6(9)10;/h4H,2-3H2,1H3,(H,7,8)(H,9,10);/q;+2/p-2. The third-order valence-corrected chi connectivity index (χ3v) is 1.03. The third-order valence-electron chi connectivity index (χ3n) is 1.03. The summed E-state index contributed by atoms with van der Waals surface area (Å²) in [5, 5.41) is 19.7. The molecule has 0 aliphatic heterocycles. The van der Waals surface area contributed by atoms with E-state index in [0.717, 1.165) is 0 Å². The first-order chi connectivity index (χ1) is 4.52. The van der Waals surface area contributed by atoms with Gasteiger partial charge in [0.05, 0.1) is 0 Å². The number of carboxylic acids is 2. The maximum Gasteiger partial charge on any atom is 2.00 e. The largest absolute Gasteiger partial charge is 2.00 e. The molecule has 0 heterocycles. The Hall–Kier alpha value is -0.541. The molecule has 0 aromatic heterocycles. The Balaban J connectivity index is 0. The van der Waals surface area contributed by atoms with E-state index in [0.29, 0.717) is 0 Å². The molecule has 0 saturated carbocycles. The third kappa shape index (κ3) is 9.46. The maximum atomic E-state index is 9.87. The molecular formula is C6H8MnO4. The van der Waals surface area contributed by atoms with Crippen LogP contribution < -0.4 is 10.2 Å². The summed E-state index contributed by atoms with van der Waals surface area (Å²) in [4.78, 5) is 19.7. The summed E-state index contributed by atoms with van der Waals surface area (Å²) in [6.45, 7) is 1.52. The van der Waals surface area contributed by atoms with E-state index >= 15 is 0 Å². The van der Waals surface area contributed by atoms with Gasteiger partial charge in [-0.05, 0) is 18.8 Å². The van der Waals surface area contributed by atoms with Crippen molar-refractivity contribution in [3.05, 3.63) is 0 Å². The van der Waals surface area contributed by atoms with E-state index in [9.17, 15) is 19.8 Å². The molecule has 5 heteroatoms. The van der Waals surface area contributed by atoms with E-state index in [4.69, 9.17) is 0 Å². The number of carbonyl (C=O) groups is 2. The second-order valence-electron chi connectivity index (χ2n) is 2.26. The second-order valence-corrected chi connectivity index (χ2v) is 2.26. The minimum absolute atomic E-state index is 0. The van der Waals surface area contributed by atoms with Crippen molar-refractivity contribution in [1.29, 1.82) is 0 Å². The average Bonchev–Trinajstić information content (AvgIpc) is 1.58. The molecule has 1 radical (unpaired) electrons. The summed E-state index contributed by atoms with van der Waals surface area (Å²) in [7, 11) is 0. The van der Waals surface area contributed by atoms with E-state index in [-0.39, 0.29) is 29.9 Å². The predicted octanol–water partition coefficient (Wildman–Crippen LogP) is -2.10. The van der Waals surface area contributed by atoms with Crippen molar-refractivity contribution in [2.24, 2.45) is 5.92 Å². The maximum absolute atomic E-state index is 9.87. The number of carboxylic acid groups (broad SMARTS) is 2. The predicted molar refractivity (Wildman–Crippen MR) is 28.4 cm³/mol. The van der Waals surface area contributed by atoms with Crippen molar-refractivity contribution >= 4 is 11.9 Å². The molecule has 0 bridgehead atoms. The van der Waals surface area contributed by atoms with E-state index < -0.39 is 17.9 Å². The molecular weight excluding hydrogens is 191 g/mol. The van der Waals surface area contributed by atoms with Crippen LogP contribution in [0.15, 0.2) is 0 Å². The monoisotopic (exact) mass is 199 g/mol. The van der Waals surface area contributed by atoms with Gasteiger partial charge in [-0.25, -0.2) is 0 Å². The first-order valence-electron chi connectivity index (χ1n) is 2.92. The Morgan fingerprint density at radius 1 is 1.18 bits per heavy atom. The molecule has 0 aliphatic carbocycles. The summed E-state index contributed by atoms with van der Waals surface area (Å²) in [6.07, 6.45) is -0.456. The van der Waals surface area contributed by atoms with Crippen LogP contribution in [0, 0.1) is 5.92 Å². The first kappa shape index (κ1) is 13.1. The molecule has 0 aromatic carbocycles. The van der Waals surface area contributed by atoms with Crippen molar-refractivity contribution in [1.82, 2.24) is 0 Å². The Kier molecular flexibility index (Phi) is 7.36. The molecule has 0 aliphatic rings. The SMILES string of the molecule is CC(CC(=O)[O-])CC(=O)[O-].[Mn+2]. The Bertz CT molecular complexity index is 130.